The molecule has 0 aliphatic rings. The first-order chi connectivity index (χ1) is 10.3. The molecule has 6 nitrogen and oxygen atoms in total. The van der Waals surface area contributed by atoms with Gasteiger partial charge in [0.1, 0.15) is 0 Å². The van der Waals surface area contributed by atoms with Gasteiger partial charge in [-0.15, -0.1) is 0 Å². The maximum Gasteiger partial charge on any atom is 0.305 e. The Morgan fingerprint density at radius 2 is 1.95 bits per heavy atom. The van der Waals surface area contributed by atoms with Crippen LogP contribution in [0.1, 0.15) is 37.0 Å². The molecule has 0 saturated heterocycles. The highest BCUT2D eigenvalue weighted by atomic mass is 35.5. The van der Waals surface area contributed by atoms with Crippen LogP contribution in [0.25, 0.3) is 0 Å². The molecule has 0 saturated carbocycles. The summed E-state index contributed by atoms with van der Waals surface area (Å²) in [6.45, 7) is 3.87. The van der Waals surface area contributed by atoms with Crippen LogP contribution in [0, 0.1) is 5.92 Å². The summed E-state index contributed by atoms with van der Waals surface area (Å²) in [5, 5.41) is 13.9. The summed E-state index contributed by atoms with van der Waals surface area (Å²) in [7, 11) is 0. The van der Waals surface area contributed by atoms with Crippen LogP contribution in [0.3, 0.4) is 0 Å². The van der Waals surface area contributed by atoms with Gasteiger partial charge in [-0.1, -0.05) is 25.4 Å². The van der Waals surface area contributed by atoms with Crippen LogP contribution in [0.2, 0.25) is 5.02 Å². The van der Waals surface area contributed by atoms with Crippen molar-refractivity contribution >= 4 is 35.1 Å². The van der Waals surface area contributed by atoms with Crippen molar-refractivity contribution in [3.05, 3.63) is 28.8 Å². The number of nitrogens with one attached hydrogen (secondary N) is 2. The third kappa shape index (κ3) is 6.13. The van der Waals surface area contributed by atoms with Crippen LogP contribution in [0.4, 0.5) is 5.69 Å². The minimum absolute atomic E-state index is 0.00836. The summed E-state index contributed by atoms with van der Waals surface area (Å²) in [6, 6.07) is 4.59. The molecule has 0 fully saturated rings. The average Bonchev–Trinajstić information content (AvgIpc) is 2.39. The minimum atomic E-state index is -0.999. The van der Waals surface area contributed by atoms with Crippen molar-refractivity contribution in [1.29, 1.82) is 0 Å². The van der Waals surface area contributed by atoms with E-state index in [-0.39, 0.29) is 35.4 Å². The fraction of sp³-hybridized carbons (Fsp3) is 0.400. The van der Waals surface area contributed by atoms with E-state index < -0.39 is 11.9 Å². The summed E-state index contributed by atoms with van der Waals surface area (Å²) in [4.78, 5) is 34.1. The van der Waals surface area contributed by atoms with Crippen molar-refractivity contribution in [2.75, 3.05) is 11.9 Å². The molecule has 1 aromatic carbocycles. The molecule has 1 rings (SSSR count). The van der Waals surface area contributed by atoms with Gasteiger partial charge in [-0.05, 0) is 24.1 Å². The van der Waals surface area contributed by atoms with Crippen LogP contribution < -0.4 is 10.6 Å². The first-order valence-corrected chi connectivity index (χ1v) is 7.26. The van der Waals surface area contributed by atoms with Gasteiger partial charge in [0, 0.05) is 18.7 Å². The topological polar surface area (TPSA) is 95.5 Å². The molecule has 2 amide bonds. The molecule has 0 heterocycles. The minimum Gasteiger partial charge on any atom is -0.481 e. The maximum atomic E-state index is 12.0. The van der Waals surface area contributed by atoms with Crippen LogP contribution in [0.15, 0.2) is 18.2 Å². The van der Waals surface area contributed by atoms with Gasteiger partial charge in [-0.2, -0.15) is 0 Å². The van der Waals surface area contributed by atoms with E-state index in [1.165, 1.54) is 12.1 Å². The number of carbonyl (C=O) groups is 3. The van der Waals surface area contributed by atoms with Gasteiger partial charge in [0.2, 0.25) is 5.91 Å². The van der Waals surface area contributed by atoms with E-state index in [0.717, 1.165) is 0 Å². The van der Waals surface area contributed by atoms with Crippen molar-refractivity contribution in [3.8, 4) is 0 Å². The highest BCUT2D eigenvalue weighted by Gasteiger charge is 2.13. The zero-order chi connectivity index (χ0) is 16.7. The van der Waals surface area contributed by atoms with Crippen LogP contribution in [0.5, 0.6) is 0 Å². The van der Waals surface area contributed by atoms with Crippen molar-refractivity contribution in [1.82, 2.24) is 5.32 Å². The van der Waals surface area contributed by atoms with E-state index in [1.807, 2.05) is 13.8 Å². The molecular weight excluding hydrogens is 308 g/mol. The summed E-state index contributed by atoms with van der Waals surface area (Å²) < 4.78 is 0. The second kappa shape index (κ2) is 8.38. The first-order valence-electron chi connectivity index (χ1n) is 6.89. The number of hydrogen-bond acceptors (Lipinski definition) is 3. The molecule has 120 valence electrons. The van der Waals surface area contributed by atoms with E-state index in [2.05, 4.69) is 10.6 Å². The Morgan fingerprint density at radius 3 is 2.55 bits per heavy atom. The van der Waals surface area contributed by atoms with E-state index in [0.29, 0.717) is 12.1 Å². The Morgan fingerprint density at radius 1 is 1.27 bits per heavy atom. The van der Waals surface area contributed by atoms with Crippen molar-refractivity contribution < 1.29 is 19.5 Å². The number of anilines is 1. The molecule has 0 unspecified atom stereocenters. The molecule has 3 N–H and O–H groups in total. The van der Waals surface area contributed by atoms with Crippen molar-refractivity contribution in [2.45, 2.75) is 26.7 Å². The lowest BCUT2D eigenvalue weighted by Crippen LogP contribution is -2.26. The molecule has 22 heavy (non-hydrogen) atoms. The summed E-state index contributed by atoms with van der Waals surface area (Å²) in [5.41, 5.74) is 0.660. The predicted octanol–water partition coefficient (Wildman–Crippen LogP) is 2.53. The second-order valence-corrected chi connectivity index (χ2v) is 5.65. The Kier molecular flexibility index (Phi) is 6.85. The molecule has 0 aromatic heterocycles. The lowest BCUT2D eigenvalue weighted by Gasteiger charge is -2.10. The predicted molar refractivity (Wildman–Crippen MR) is 84.1 cm³/mol. The SMILES string of the molecule is CC(C)CC(=O)Nc1ccc(Cl)c(C(=O)NCCC(=O)O)c1. The van der Waals surface area contributed by atoms with Gasteiger partial charge in [-0.3, -0.25) is 14.4 Å². The summed E-state index contributed by atoms with van der Waals surface area (Å²) in [5.74, 6) is -1.40. The fourth-order valence-electron chi connectivity index (χ4n) is 1.74. The average molecular weight is 327 g/mol. The van der Waals surface area contributed by atoms with Crippen molar-refractivity contribution in [2.24, 2.45) is 5.92 Å². The third-order valence-corrected chi connectivity index (χ3v) is 3.04. The van der Waals surface area contributed by atoms with Gasteiger partial charge in [0.05, 0.1) is 17.0 Å². The van der Waals surface area contributed by atoms with E-state index >= 15 is 0 Å². The molecule has 7 heteroatoms. The number of carbonyl (C=O) groups excluding carboxylic acids is 2. The molecular formula is C15H19ClN2O4. The zero-order valence-electron chi connectivity index (χ0n) is 12.5. The Labute approximate surface area is 133 Å². The Hall–Kier alpha value is -2.08. The number of benzene rings is 1. The normalized spacial score (nSPS) is 10.4. The molecule has 0 spiro atoms. The lowest BCUT2D eigenvalue weighted by molar-refractivity contribution is -0.136. The summed E-state index contributed by atoms with van der Waals surface area (Å²) in [6.07, 6.45) is 0.205. The van der Waals surface area contributed by atoms with Gasteiger partial charge in [-0.25, -0.2) is 0 Å². The van der Waals surface area contributed by atoms with E-state index in [9.17, 15) is 14.4 Å². The maximum absolute atomic E-state index is 12.0. The summed E-state index contributed by atoms with van der Waals surface area (Å²) >= 11 is 5.96. The third-order valence-electron chi connectivity index (χ3n) is 2.71. The first kappa shape index (κ1) is 18.0. The lowest BCUT2D eigenvalue weighted by atomic mass is 10.1. The molecule has 1 aromatic rings. The zero-order valence-corrected chi connectivity index (χ0v) is 13.2. The number of halogens is 1. The molecule has 0 aliphatic carbocycles. The smallest absolute Gasteiger partial charge is 0.305 e. The second-order valence-electron chi connectivity index (χ2n) is 5.24. The number of amides is 2. The van der Waals surface area contributed by atoms with Gasteiger partial charge >= 0.3 is 5.97 Å². The number of carboxylic acids is 1. The van der Waals surface area contributed by atoms with E-state index in [4.69, 9.17) is 16.7 Å². The van der Waals surface area contributed by atoms with Crippen molar-refractivity contribution in [3.63, 3.8) is 0 Å². The van der Waals surface area contributed by atoms with Crippen LogP contribution in [-0.2, 0) is 9.59 Å². The standard InChI is InChI=1S/C15H19ClN2O4/c1-9(2)7-13(19)18-10-3-4-12(16)11(8-10)15(22)17-6-5-14(20)21/h3-4,8-9H,5-7H2,1-2H3,(H,17,22)(H,18,19)(H,20,21). The molecule has 0 aliphatic heterocycles. The van der Waals surface area contributed by atoms with Crippen LogP contribution >= 0.6 is 11.6 Å². The Bertz CT molecular complexity index is 573. The number of aliphatic carboxylic acids is 1. The molecule has 0 bridgehead atoms. The van der Waals surface area contributed by atoms with Gasteiger partial charge in [0.15, 0.2) is 0 Å². The highest BCUT2D eigenvalue weighted by molar-refractivity contribution is 6.34. The number of carboxylic acid groups (broad SMARTS) is 1. The highest BCUT2D eigenvalue weighted by Crippen LogP contribution is 2.21. The molecule has 0 atom stereocenters. The number of rotatable bonds is 7. The monoisotopic (exact) mass is 326 g/mol. The van der Waals surface area contributed by atoms with Gasteiger partial charge < -0.3 is 15.7 Å². The van der Waals surface area contributed by atoms with Crippen LogP contribution in [-0.4, -0.2) is 29.4 Å². The largest absolute Gasteiger partial charge is 0.481 e. The number of hydrogen-bond donors (Lipinski definition) is 3. The quantitative estimate of drug-likeness (QED) is 0.717. The fourth-order valence-corrected chi connectivity index (χ4v) is 1.94. The van der Waals surface area contributed by atoms with Gasteiger partial charge in [0.25, 0.3) is 5.91 Å². The Balaban J connectivity index is 2.74. The van der Waals surface area contributed by atoms with E-state index in [1.54, 1.807) is 6.07 Å². The molecule has 0 radical (unpaired) electrons.